The van der Waals surface area contributed by atoms with Crippen LogP contribution in [-0.4, -0.2) is 32.1 Å². The van der Waals surface area contributed by atoms with Gasteiger partial charge in [-0.2, -0.15) is 0 Å². The normalized spacial score (nSPS) is 10.3. The summed E-state index contributed by atoms with van der Waals surface area (Å²) in [4.78, 5) is 13.8. The van der Waals surface area contributed by atoms with E-state index in [-0.39, 0.29) is 5.91 Å². The molecule has 1 aromatic carbocycles. The first-order chi connectivity index (χ1) is 9.19. The first-order valence-electron chi connectivity index (χ1n) is 6.96. The molecule has 4 nitrogen and oxygen atoms in total. The molecule has 0 aliphatic carbocycles. The molecule has 0 saturated carbocycles. The molecule has 106 valence electrons. The maximum Gasteiger partial charge on any atom is 0.221 e. The fraction of sp³-hybridized carbons (Fsp3) is 0.533. The fourth-order valence-corrected chi connectivity index (χ4v) is 2.08. The summed E-state index contributed by atoms with van der Waals surface area (Å²) >= 11 is 0. The summed E-state index contributed by atoms with van der Waals surface area (Å²) in [6.07, 6.45) is 1.45. The Bertz CT molecular complexity index is 393. The van der Waals surface area contributed by atoms with E-state index in [2.05, 4.69) is 29.3 Å². The largest absolute Gasteiger partial charge is 0.371 e. The van der Waals surface area contributed by atoms with Crippen molar-refractivity contribution in [1.29, 1.82) is 0 Å². The monoisotopic (exact) mass is 263 g/mol. The molecule has 19 heavy (non-hydrogen) atoms. The zero-order valence-corrected chi connectivity index (χ0v) is 12.0. The van der Waals surface area contributed by atoms with Gasteiger partial charge in [0.25, 0.3) is 0 Å². The number of anilines is 1. The van der Waals surface area contributed by atoms with Crippen molar-refractivity contribution in [2.24, 2.45) is 5.73 Å². The van der Waals surface area contributed by atoms with Crippen LogP contribution in [0.15, 0.2) is 24.3 Å². The van der Waals surface area contributed by atoms with Gasteiger partial charge >= 0.3 is 0 Å². The molecular weight excluding hydrogens is 238 g/mol. The molecule has 0 bridgehead atoms. The summed E-state index contributed by atoms with van der Waals surface area (Å²) in [5.74, 6) is 0.105. The SMILES string of the molecule is CCNC(=O)CCN(CCCN)c1ccccc1C. The maximum absolute atomic E-state index is 11.6. The molecule has 0 aromatic heterocycles. The van der Waals surface area contributed by atoms with Crippen molar-refractivity contribution in [3.8, 4) is 0 Å². The number of amides is 1. The second kappa shape index (κ2) is 8.53. The molecule has 1 rings (SSSR count). The zero-order valence-electron chi connectivity index (χ0n) is 12.0. The van der Waals surface area contributed by atoms with Crippen molar-refractivity contribution in [2.45, 2.75) is 26.7 Å². The van der Waals surface area contributed by atoms with E-state index in [1.807, 2.05) is 19.1 Å². The Kier molecular flexibility index (Phi) is 6.97. The van der Waals surface area contributed by atoms with E-state index in [1.165, 1.54) is 11.3 Å². The van der Waals surface area contributed by atoms with E-state index < -0.39 is 0 Å². The predicted molar refractivity (Wildman–Crippen MR) is 80.4 cm³/mol. The molecule has 1 aromatic rings. The summed E-state index contributed by atoms with van der Waals surface area (Å²) in [5.41, 5.74) is 8.02. The van der Waals surface area contributed by atoms with Crippen LogP contribution in [0, 0.1) is 6.92 Å². The Morgan fingerprint density at radius 2 is 2.05 bits per heavy atom. The minimum absolute atomic E-state index is 0.105. The van der Waals surface area contributed by atoms with Gasteiger partial charge in [-0.3, -0.25) is 4.79 Å². The van der Waals surface area contributed by atoms with Gasteiger partial charge in [-0.25, -0.2) is 0 Å². The van der Waals surface area contributed by atoms with Gasteiger partial charge in [0.15, 0.2) is 0 Å². The number of rotatable bonds is 8. The Morgan fingerprint density at radius 1 is 1.32 bits per heavy atom. The van der Waals surface area contributed by atoms with Crippen molar-refractivity contribution < 1.29 is 4.79 Å². The van der Waals surface area contributed by atoms with Gasteiger partial charge in [-0.1, -0.05) is 18.2 Å². The summed E-state index contributed by atoms with van der Waals surface area (Å²) in [7, 11) is 0. The van der Waals surface area contributed by atoms with Crippen LogP contribution in [0.5, 0.6) is 0 Å². The van der Waals surface area contributed by atoms with Crippen molar-refractivity contribution >= 4 is 11.6 Å². The van der Waals surface area contributed by atoms with E-state index in [1.54, 1.807) is 0 Å². The van der Waals surface area contributed by atoms with Crippen molar-refractivity contribution in [3.63, 3.8) is 0 Å². The molecule has 0 unspecified atom stereocenters. The first-order valence-corrected chi connectivity index (χ1v) is 6.96. The third kappa shape index (κ3) is 5.30. The predicted octanol–water partition coefficient (Wildman–Crippen LogP) is 1.68. The van der Waals surface area contributed by atoms with Gasteiger partial charge in [-0.05, 0) is 38.4 Å². The summed E-state index contributed by atoms with van der Waals surface area (Å²) in [6, 6.07) is 8.26. The summed E-state index contributed by atoms with van der Waals surface area (Å²) in [5, 5.41) is 2.83. The smallest absolute Gasteiger partial charge is 0.221 e. The van der Waals surface area contributed by atoms with E-state index in [9.17, 15) is 4.79 Å². The number of hydrogen-bond donors (Lipinski definition) is 2. The van der Waals surface area contributed by atoms with Gasteiger partial charge in [0.2, 0.25) is 5.91 Å². The Balaban J connectivity index is 2.66. The maximum atomic E-state index is 11.6. The molecule has 0 spiro atoms. The quantitative estimate of drug-likeness (QED) is 0.750. The van der Waals surface area contributed by atoms with E-state index >= 15 is 0 Å². The van der Waals surface area contributed by atoms with Gasteiger partial charge in [0, 0.05) is 31.7 Å². The van der Waals surface area contributed by atoms with Crippen molar-refractivity contribution in [2.75, 3.05) is 31.1 Å². The molecule has 0 radical (unpaired) electrons. The van der Waals surface area contributed by atoms with Crippen molar-refractivity contribution in [1.82, 2.24) is 5.32 Å². The van der Waals surface area contributed by atoms with Crippen LogP contribution in [0.25, 0.3) is 0 Å². The minimum atomic E-state index is 0.105. The topological polar surface area (TPSA) is 58.4 Å². The highest BCUT2D eigenvalue weighted by Crippen LogP contribution is 2.19. The third-order valence-electron chi connectivity index (χ3n) is 3.07. The second-order valence-electron chi connectivity index (χ2n) is 4.62. The average molecular weight is 263 g/mol. The highest BCUT2D eigenvalue weighted by molar-refractivity contribution is 5.76. The lowest BCUT2D eigenvalue weighted by molar-refractivity contribution is -0.120. The molecule has 1 amide bonds. The van der Waals surface area contributed by atoms with Gasteiger partial charge in [0.05, 0.1) is 0 Å². The van der Waals surface area contributed by atoms with Crippen molar-refractivity contribution in [3.05, 3.63) is 29.8 Å². The lowest BCUT2D eigenvalue weighted by Crippen LogP contribution is -2.32. The molecule has 0 aliphatic heterocycles. The standard InChI is InChI=1S/C15H25N3O/c1-3-17-15(19)9-12-18(11-6-10-16)14-8-5-4-7-13(14)2/h4-5,7-8H,3,6,9-12,16H2,1-2H3,(H,17,19). The average Bonchev–Trinajstić information content (AvgIpc) is 2.40. The number of carbonyl (C=O) groups excluding carboxylic acids is 1. The molecule has 0 aliphatic rings. The number of benzene rings is 1. The van der Waals surface area contributed by atoms with E-state index in [0.717, 1.165) is 19.5 Å². The number of nitrogens with zero attached hydrogens (tertiary/aromatic N) is 1. The van der Waals surface area contributed by atoms with E-state index in [4.69, 9.17) is 5.73 Å². The van der Waals surface area contributed by atoms with Crippen LogP contribution in [0.2, 0.25) is 0 Å². The second-order valence-corrected chi connectivity index (χ2v) is 4.62. The van der Waals surface area contributed by atoms with Gasteiger partial charge in [-0.15, -0.1) is 0 Å². The van der Waals surface area contributed by atoms with Crippen LogP contribution in [0.4, 0.5) is 5.69 Å². The molecule has 0 heterocycles. The molecule has 4 heteroatoms. The Labute approximate surface area is 116 Å². The lowest BCUT2D eigenvalue weighted by Gasteiger charge is -2.26. The third-order valence-corrected chi connectivity index (χ3v) is 3.07. The number of carbonyl (C=O) groups is 1. The molecule has 0 saturated heterocycles. The van der Waals surface area contributed by atoms with Gasteiger partial charge in [0.1, 0.15) is 0 Å². The first kappa shape index (κ1) is 15.5. The van der Waals surface area contributed by atoms with E-state index in [0.29, 0.717) is 19.5 Å². The Hall–Kier alpha value is -1.55. The molecule has 0 fully saturated rings. The summed E-state index contributed by atoms with van der Waals surface area (Å²) < 4.78 is 0. The van der Waals surface area contributed by atoms with Crippen LogP contribution in [0.1, 0.15) is 25.3 Å². The Morgan fingerprint density at radius 3 is 2.68 bits per heavy atom. The number of hydrogen-bond acceptors (Lipinski definition) is 3. The van der Waals surface area contributed by atoms with Crippen LogP contribution >= 0.6 is 0 Å². The van der Waals surface area contributed by atoms with Crippen LogP contribution in [-0.2, 0) is 4.79 Å². The highest BCUT2D eigenvalue weighted by atomic mass is 16.1. The number of para-hydroxylation sites is 1. The lowest BCUT2D eigenvalue weighted by atomic mass is 10.1. The fourth-order valence-electron chi connectivity index (χ4n) is 2.08. The number of nitrogens with one attached hydrogen (secondary N) is 1. The number of nitrogens with two attached hydrogens (primary N) is 1. The summed E-state index contributed by atoms with van der Waals surface area (Å²) in [6.45, 7) is 7.01. The van der Waals surface area contributed by atoms with Crippen LogP contribution < -0.4 is 16.0 Å². The zero-order chi connectivity index (χ0) is 14.1. The number of aryl methyl sites for hydroxylation is 1. The molecular formula is C15H25N3O. The minimum Gasteiger partial charge on any atom is -0.371 e. The molecule has 3 N–H and O–H groups in total. The highest BCUT2D eigenvalue weighted by Gasteiger charge is 2.10. The van der Waals surface area contributed by atoms with Gasteiger partial charge < -0.3 is 16.0 Å². The van der Waals surface area contributed by atoms with Crippen LogP contribution in [0.3, 0.4) is 0 Å². The molecule has 0 atom stereocenters.